The van der Waals surface area contributed by atoms with Crippen molar-refractivity contribution in [3.63, 3.8) is 0 Å². The van der Waals surface area contributed by atoms with Crippen LogP contribution in [0.1, 0.15) is 45.8 Å². The number of hydrogen-bond acceptors (Lipinski definition) is 5. The summed E-state index contributed by atoms with van der Waals surface area (Å²) < 4.78 is 3.37. The van der Waals surface area contributed by atoms with Crippen LogP contribution < -0.4 is 4.72 Å². The number of aromatic carboxylic acids is 1. The molecule has 29 heavy (non-hydrogen) atoms. The SMILES string of the molecule is Cc1cc(C#N)cc(NSc2cc(C(=O)O)ccc2C2CC2)c1-c1ccccn1. The molecule has 2 aromatic carbocycles. The van der Waals surface area contributed by atoms with Crippen molar-refractivity contribution in [1.29, 1.82) is 5.26 Å². The number of aromatic nitrogens is 1. The molecule has 6 heteroatoms. The van der Waals surface area contributed by atoms with Crippen molar-refractivity contribution < 1.29 is 9.90 Å². The van der Waals surface area contributed by atoms with Gasteiger partial charge in [0.25, 0.3) is 0 Å². The van der Waals surface area contributed by atoms with Gasteiger partial charge in [0.1, 0.15) is 0 Å². The first-order valence-corrected chi connectivity index (χ1v) is 10.1. The van der Waals surface area contributed by atoms with Crippen LogP contribution in [0.2, 0.25) is 0 Å². The average molecular weight is 401 g/mol. The van der Waals surface area contributed by atoms with Gasteiger partial charge in [0.15, 0.2) is 0 Å². The number of nitrogens with zero attached hydrogens (tertiary/aromatic N) is 2. The third kappa shape index (κ3) is 4.10. The Labute approximate surface area is 173 Å². The maximum absolute atomic E-state index is 11.4. The van der Waals surface area contributed by atoms with Gasteiger partial charge in [-0.25, -0.2) is 4.79 Å². The molecule has 4 rings (SSSR count). The molecular weight excluding hydrogens is 382 g/mol. The van der Waals surface area contributed by atoms with Gasteiger partial charge in [-0.15, -0.1) is 0 Å². The molecule has 1 aliphatic rings. The molecule has 3 aromatic rings. The number of carboxylic acids is 1. The van der Waals surface area contributed by atoms with Crippen molar-refractivity contribution in [3.8, 4) is 17.3 Å². The lowest BCUT2D eigenvalue weighted by molar-refractivity contribution is 0.0696. The number of anilines is 1. The molecule has 0 aliphatic heterocycles. The Morgan fingerprint density at radius 3 is 2.72 bits per heavy atom. The highest BCUT2D eigenvalue weighted by Crippen LogP contribution is 2.45. The summed E-state index contributed by atoms with van der Waals surface area (Å²) in [5.74, 6) is -0.449. The van der Waals surface area contributed by atoms with Gasteiger partial charge >= 0.3 is 5.97 Å². The second-order valence-electron chi connectivity index (χ2n) is 7.08. The lowest BCUT2D eigenvalue weighted by Gasteiger charge is -2.16. The van der Waals surface area contributed by atoms with Gasteiger partial charge < -0.3 is 9.83 Å². The van der Waals surface area contributed by atoms with Crippen LogP contribution in [0.4, 0.5) is 5.69 Å². The second kappa shape index (κ2) is 7.98. The minimum absolute atomic E-state index is 0.269. The highest BCUT2D eigenvalue weighted by Gasteiger charge is 2.27. The van der Waals surface area contributed by atoms with E-state index in [1.54, 1.807) is 18.3 Å². The zero-order valence-corrected chi connectivity index (χ0v) is 16.7. The minimum Gasteiger partial charge on any atom is -0.478 e. The predicted octanol–water partition coefficient (Wildman–Crippen LogP) is 5.62. The molecule has 1 aliphatic carbocycles. The maximum Gasteiger partial charge on any atom is 0.335 e. The normalized spacial score (nSPS) is 13.0. The summed E-state index contributed by atoms with van der Waals surface area (Å²) in [4.78, 5) is 16.8. The van der Waals surface area contributed by atoms with Crippen molar-refractivity contribution in [3.05, 3.63) is 77.0 Å². The summed E-state index contributed by atoms with van der Waals surface area (Å²) in [7, 11) is 0. The number of aryl methyl sites for hydroxylation is 1. The Bertz CT molecular complexity index is 1120. The largest absolute Gasteiger partial charge is 0.478 e. The monoisotopic (exact) mass is 401 g/mol. The van der Waals surface area contributed by atoms with Crippen molar-refractivity contribution >= 4 is 23.6 Å². The first-order valence-electron chi connectivity index (χ1n) is 9.33. The third-order valence-corrected chi connectivity index (χ3v) is 5.83. The summed E-state index contributed by atoms with van der Waals surface area (Å²) in [5.41, 5.74) is 5.48. The van der Waals surface area contributed by atoms with Gasteiger partial charge in [-0.2, -0.15) is 5.26 Å². The van der Waals surface area contributed by atoms with Crippen LogP contribution in [0, 0.1) is 18.3 Å². The van der Waals surface area contributed by atoms with E-state index in [4.69, 9.17) is 0 Å². The number of pyridine rings is 1. The second-order valence-corrected chi connectivity index (χ2v) is 7.93. The molecule has 0 saturated heterocycles. The lowest BCUT2D eigenvalue weighted by Crippen LogP contribution is -2.00. The average Bonchev–Trinajstić information content (AvgIpc) is 3.57. The third-order valence-electron chi connectivity index (χ3n) is 4.93. The van der Waals surface area contributed by atoms with E-state index in [-0.39, 0.29) is 5.56 Å². The highest BCUT2D eigenvalue weighted by molar-refractivity contribution is 8.00. The smallest absolute Gasteiger partial charge is 0.335 e. The van der Waals surface area contributed by atoms with Gasteiger partial charge in [0.05, 0.1) is 28.6 Å². The van der Waals surface area contributed by atoms with E-state index in [2.05, 4.69) is 15.8 Å². The fraction of sp³-hybridized carbons (Fsp3) is 0.174. The maximum atomic E-state index is 11.4. The van der Waals surface area contributed by atoms with Gasteiger partial charge in [-0.05, 0) is 85.2 Å². The number of rotatable bonds is 6. The van der Waals surface area contributed by atoms with Crippen molar-refractivity contribution in [2.75, 3.05) is 4.72 Å². The molecule has 0 unspecified atom stereocenters. The summed E-state index contributed by atoms with van der Waals surface area (Å²) >= 11 is 1.39. The molecule has 0 amide bonds. The van der Waals surface area contributed by atoms with Crippen molar-refractivity contribution in [2.45, 2.75) is 30.6 Å². The Kier molecular flexibility index (Phi) is 5.24. The van der Waals surface area contributed by atoms with Gasteiger partial charge in [-0.1, -0.05) is 12.1 Å². The Hall–Kier alpha value is -3.30. The molecule has 0 spiro atoms. The highest BCUT2D eigenvalue weighted by atomic mass is 32.2. The molecule has 5 nitrogen and oxygen atoms in total. The Balaban J connectivity index is 1.72. The van der Waals surface area contributed by atoms with E-state index in [1.165, 1.54) is 17.5 Å². The van der Waals surface area contributed by atoms with E-state index in [0.717, 1.165) is 40.2 Å². The quantitative estimate of drug-likeness (QED) is 0.521. The zero-order chi connectivity index (χ0) is 20.4. The van der Waals surface area contributed by atoms with Crippen molar-refractivity contribution in [2.24, 2.45) is 0 Å². The van der Waals surface area contributed by atoms with E-state index in [1.807, 2.05) is 43.3 Å². The first kappa shape index (κ1) is 19.0. The van der Waals surface area contributed by atoms with E-state index in [0.29, 0.717) is 11.5 Å². The molecule has 144 valence electrons. The van der Waals surface area contributed by atoms with Gasteiger partial charge in [-0.3, -0.25) is 4.98 Å². The number of nitrogens with one attached hydrogen (secondary N) is 1. The van der Waals surface area contributed by atoms with Crippen LogP contribution in [0.3, 0.4) is 0 Å². The first-order chi connectivity index (χ1) is 14.1. The fourth-order valence-electron chi connectivity index (χ4n) is 3.38. The molecule has 0 radical (unpaired) electrons. The Morgan fingerprint density at radius 1 is 1.24 bits per heavy atom. The van der Waals surface area contributed by atoms with E-state index >= 15 is 0 Å². The minimum atomic E-state index is -0.939. The summed E-state index contributed by atoms with van der Waals surface area (Å²) in [6, 6.07) is 16.9. The van der Waals surface area contributed by atoms with Gasteiger partial charge in [0.2, 0.25) is 0 Å². The molecule has 1 fully saturated rings. The summed E-state index contributed by atoms with van der Waals surface area (Å²) in [6.45, 7) is 1.96. The van der Waals surface area contributed by atoms with Crippen LogP contribution in [0.15, 0.2) is 59.6 Å². The van der Waals surface area contributed by atoms with Crippen LogP contribution in [-0.4, -0.2) is 16.1 Å². The number of carboxylic acid groups (broad SMARTS) is 1. The van der Waals surface area contributed by atoms with Crippen LogP contribution >= 0.6 is 11.9 Å². The van der Waals surface area contributed by atoms with Crippen molar-refractivity contribution in [1.82, 2.24) is 4.98 Å². The molecule has 1 aromatic heterocycles. The fourth-order valence-corrected chi connectivity index (χ4v) is 4.30. The molecule has 1 saturated carbocycles. The molecule has 0 bridgehead atoms. The molecule has 2 N–H and O–H groups in total. The lowest BCUT2D eigenvalue weighted by atomic mass is 10.0. The van der Waals surface area contributed by atoms with E-state index < -0.39 is 5.97 Å². The summed E-state index contributed by atoms with van der Waals surface area (Å²) in [5, 5.41) is 18.8. The van der Waals surface area contributed by atoms with Crippen LogP contribution in [0.5, 0.6) is 0 Å². The predicted molar refractivity (Wildman–Crippen MR) is 114 cm³/mol. The number of benzene rings is 2. The topological polar surface area (TPSA) is 86.0 Å². The van der Waals surface area contributed by atoms with Crippen LogP contribution in [0.25, 0.3) is 11.3 Å². The molecule has 1 heterocycles. The zero-order valence-electron chi connectivity index (χ0n) is 15.8. The molecule has 0 atom stereocenters. The van der Waals surface area contributed by atoms with Crippen LogP contribution in [-0.2, 0) is 0 Å². The number of nitriles is 1. The Morgan fingerprint density at radius 2 is 2.07 bits per heavy atom. The number of hydrogen-bond donors (Lipinski definition) is 2. The number of carbonyl (C=O) groups is 1. The standard InChI is InChI=1S/C23H19N3O2S/c1-14-10-15(13-24)11-20(22(14)19-4-2-3-9-25-19)26-29-21-12-17(23(27)28)7-8-18(21)16-5-6-16/h2-4,7-12,16,26H,5-6H2,1H3,(H,27,28). The van der Waals surface area contributed by atoms with Gasteiger partial charge in [0, 0.05) is 16.7 Å². The summed E-state index contributed by atoms with van der Waals surface area (Å²) in [6.07, 6.45) is 4.00. The van der Waals surface area contributed by atoms with E-state index in [9.17, 15) is 15.2 Å². The molecular formula is C23H19N3O2S.